The number of benzene rings is 1. The summed E-state index contributed by atoms with van der Waals surface area (Å²) in [7, 11) is 0. The number of halogens is 3. The summed E-state index contributed by atoms with van der Waals surface area (Å²) in [5, 5.41) is 10.3. The Morgan fingerprint density at radius 3 is 2.12 bits per heavy atom. The van der Waals surface area contributed by atoms with Crippen molar-refractivity contribution in [3.8, 4) is 0 Å². The lowest BCUT2D eigenvalue weighted by atomic mass is 9.94. The summed E-state index contributed by atoms with van der Waals surface area (Å²) in [6, 6.07) is 3.06. The van der Waals surface area contributed by atoms with E-state index in [0.29, 0.717) is 20.6 Å². The Balaban J connectivity index is 2.48. The lowest BCUT2D eigenvalue weighted by Crippen LogP contribution is -2.14. The zero-order chi connectivity index (χ0) is 11.9. The number of carboxylic acid groups (broad SMARTS) is 1. The number of rotatable bonds is 3. The second-order valence-corrected chi connectivity index (χ2v) is 5.19. The molecule has 16 heavy (non-hydrogen) atoms. The summed E-state index contributed by atoms with van der Waals surface area (Å²) < 4.78 is 0. The third-order valence-electron chi connectivity index (χ3n) is 2.71. The summed E-state index contributed by atoms with van der Waals surface area (Å²) in [5.41, 5.74) is 0.489. The van der Waals surface area contributed by atoms with Gasteiger partial charge in [-0.15, -0.1) is 0 Å². The Hall–Kier alpha value is -0.440. The zero-order valence-corrected chi connectivity index (χ0v) is 10.5. The van der Waals surface area contributed by atoms with Crippen LogP contribution in [0, 0.1) is 5.92 Å². The molecule has 1 fully saturated rings. The first-order valence-corrected chi connectivity index (χ1v) is 6.01. The molecule has 0 heterocycles. The first-order valence-electron chi connectivity index (χ1n) is 4.88. The molecule has 1 aliphatic rings. The fourth-order valence-corrected chi connectivity index (χ4v) is 2.89. The van der Waals surface area contributed by atoms with Gasteiger partial charge < -0.3 is 5.11 Å². The lowest BCUT2D eigenvalue weighted by molar-refractivity contribution is -0.139. The van der Waals surface area contributed by atoms with Crippen LogP contribution in [-0.4, -0.2) is 11.1 Å². The number of carboxylic acids is 1. The van der Waals surface area contributed by atoms with Gasteiger partial charge in [-0.2, -0.15) is 0 Å². The molecule has 5 heteroatoms. The molecule has 0 aromatic heterocycles. The molecule has 1 aromatic carbocycles. The van der Waals surface area contributed by atoms with Gasteiger partial charge in [0, 0.05) is 20.6 Å². The monoisotopic (exact) mass is 278 g/mol. The van der Waals surface area contributed by atoms with E-state index < -0.39 is 11.9 Å². The van der Waals surface area contributed by atoms with Gasteiger partial charge in [-0.25, -0.2) is 0 Å². The topological polar surface area (TPSA) is 37.3 Å². The fraction of sp³-hybridized carbons (Fsp3) is 0.364. The third-order valence-corrected chi connectivity index (χ3v) is 3.56. The van der Waals surface area contributed by atoms with Gasteiger partial charge in [0.15, 0.2) is 0 Å². The number of aliphatic carboxylic acids is 1. The molecular formula is C11H9Cl3O2. The Kier molecular flexibility index (Phi) is 3.34. The van der Waals surface area contributed by atoms with Crippen molar-refractivity contribution in [3.63, 3.8) is 0 Å². The minimum Gasteiger partial charge on any atom is -0.481 e. The van der Waals surface area contributed by atoms with Crippen LogP contribution in [0.4, 0.5) is 0 Å². The fourth-order valence-electron chi connectivity index (χ4n) is 1.84. The Bertz CT molecular complexity index is 418. The molecule has 0 radical (unpaired) electrons. The maximum absolute atomic E-state index is 11.2. The number of hydrogen-bond donors (Lipinski definition) is 1. The highest BCUT2D eigenvalue weighted by atomic mass is 35.5. The first kappa shape index (κ1) is 12.0. The van der Waals surface area contributed by atoms with Crippen LogP contribution in [0.5, 0.6) is 0 Å². The van der Waals surface area contributed by atoms with Gasteiger partial charge in [0.1, 0.15) is 0 Å². The van der Waals surface area contributed by atoms with E-state index in [-0.39, 0.29) is 5.92 Å². The largest absolute Gasteiger partial charge is 0.481 e. The van der Waals surface area contributed by atoms with Crippen molar-refractivity contribution in [2.24, 2.45) is 5.92 Å². The van der Waals surface area contributed by atoms with E-state index in [9.17, 15) is 9.90 Å². The maximum atomic E-state index is 11.2. The minimum atomic E-state index is -0.881. The predicted molar refractivity (Wildman–Crippen MR) is 64.6 cm³/mol. The average molecular weight is 280 g/mol. The van der Waals surface area contributed by atoms with Gasteiger partial charge in [-0.3, -0.25) is 4.79 Å². The Labute approximate surface area is 108 Å². The SMILES string of the molecule is O=C(O)C(c1c(Cl)cc(Cl)cc1Cl)C1CC1. The molecule has 1 aliphatic carbocycles. The third kappa shape index (κ3) is 2.29. The predicted octanol–water partition coefficient (Wildman–Crippen LogP) is 4.23. The summed E-state index contributed by atoms with van der Waals surface area (Å²) >= 11 is 17.8. The molecule has 1 saturated carbocycles. The smallest absolute Gasteiger partial charge is 0.311 e. The highest BCUT2D eigenvalue weighted by Gasteiger charge is 2.39. The van der Waals surface area contributed by atoms with Crippen molar-refractivity contribution in [1.29, 1.82) is 0 Å². The van der Waals surface area contributed by atoms with E-state index in [2.05, 4.69) is 0 Å². The van der Waals surface area contributed by atoms with Gasteiger partial charge in [0.25, 0.3) is 0 Å². The molecule has 1 unspecified atom stereocenters. The van der Waals surface area contributed by atoms with Crippen molar-refractivity contribution in [2.75, 3.05) is 0 Å². The molecule has 86 valence electrons. The van der Waals surface area contributed by atoms with Gasteiger partial charge >= 0.3 is 5.97 Å². The number of hydrogen-bond acceptors (Lipinski definition) is 1. The minimum absolute atomic E-state index is 0.147. The summed E-state index contributed by atoms with van der Waals surface area (Å²) in [6.07, 6.45) is 1.82. The van der Waals surface area contributed by atoms with Gasteiger partial charge in [0.2, 0.25) is 0 Å². The molecule has 0 spiro atoms. The van der Waals surface area contributed by atoms with Crippen LogP contribution in [0.3, 0.4) is 0 Å². The van der Waals surface area contributed by atoms with E-state index in [0.717, 1.165) is 12.8 Å². The average Bonchev–Trinajstić information content (AvgIpc) is 2.93. The van der Waals surface area contributed by atoms with Crippen LogP contribution in [0.25, 0.3) is 0 Å². The van der Waals surface area contributed by atoms with Crippen molar-refractivity contribution < 1.29 is 9.90 Å². The van der Waals surface area contributed by atoms with Crippen LogP contribution >= 0.6 is 34.8 Å². The van der Waals surface area contributed by atoms with E-state index >= 15 is 0 Å². The highest BCUT2D eigenvalue weighted by Crippen LogP contribution is 2.47. The van der Waals surface area contributed by atoms with Crippen molar-refractivity contribution >= 4 is 40.8 Å². The van der Waals surface area contributed by atoms with Gasteiger partial charge in [-0.05, 0) is 30.9 Å². The molecule has 0 aliphatic heterocycles. The van der Waals surface area contributed by atoms with Crippen molar-refractivity contribution in [2.45, 2.75) is 18.8 Å². The molecule has 1 aromatic rings. The van der Waals surface area contributed by atoms with E-state index in [1.807, 2.05) is 0 Å². The van der Waals surface area contributed by atoms with Crippen molar-refractivity contribution in [3.05, 3.63) is 32.8 Å². The standard InChI is InChI=1S/C11H9Cl3O2/c12-6-3-7(13)10(8(14)4-6)9(11(15)16)5-1-2-5/h3-5,9H,1-2H2,(H,15,16). The number of carbonyl (C=O) groups is 1. The zero-order valence-electron chi connectivity index (χ0n) is 8.21. The molecule has 0 saturated heterocycles. The molecule has 1 atom stereocenters. The Morgan fingerprint density at radius 1 is 1.25 bits per heavy atom. The summed E-state index contributed by atoms with van der Waals surface area (Å²) in [5.74, 6) is -1.35. The van der Waals surface area contributed by atoms with Gasteiger partial charge in [0.05, 0.1) is 5.92 Å². The first-order chi connectivity index (χ1) is 7.50. The van der Waals surface area contributed by atoms with Crippen LogP contribution in [-0.2, 0) is 4.79 Å². The maximum Gasteiger partial charge on any atom is 0.311 e. The van der Waals surface area contributed by atoms with Crippen LogP contribution < -0.4 is 0 Å². The van der Waals surface area contributed by atoms with E-state index in [1.165, 1.54) is 12.1 Å². The van der Waals surface area contributed by atoms with Crippen molar-refractivity contribution in [1.82, 2.24) is 0 Å². The van der Waals surface area contributed by atoms with Gasteiger partial charge in [-0.1, -0.05) is 34.8 Å². The highest BCUT2D eigenvalue weighted by molar-refractivity contribution is 6.39. The lowest BCUT2D eigenvalue weighted by Gasteiger charge is -2.15. The quantitative estimate of drug-likeness (QED) is 0.899. The molecule has 1 N–H and O–H groups in total. The van der Waals surface area contributed by atoms with E-state index in [1.54, 1.807) is 0 Å². The molecule has 0 bridgehead atoms. The van der Waals surface area contributed by atoms with Crippen LogP contribution in [0.1, 0.15) is 24.3 Å². The Morgan fingerprint density at radius 2 is 1.75 bits per heavy atom. The second kappa shape index (κ2) is 4.44. The molecule has 2 nitrogen and oxygen atoms in total. The summed E-state index contributed by atoms with van der Waals surface area (Å²) in [4.78, 5) is 11.2. The van der Waals surface area contributed by atoms with E-state index in [4.69, 9.17) is 34.8 Å². The van der Waals surface area contributed by atoms with Crippen LogP contribution in [0.2, 0.25) is 15.1 Å². The molecule has 0 amide bonds. The summed E-state index contributed by atoms with van der Waals surface area (Å²) in [6.45, 7) is 0. The normalized spacial score (nSPS) is 17.2. The second-order valence-electron chi connectivity index (χ2n) is 3.94. The molecule has 2 rings (SSSR count). The molecular weight excluding hydrogens is 270 g/mol. The van der Waals surface area contributed by atoms with Crippen LogP contribution in [0.15, 0.2) is 12.1 Å².